The van der Waals surface area contributed by atoms with E-state index in [0.717, 1.165) is 34.5 Å². The van der Waals surface area contributed by atoms with Crippen LogP contribution in [-0.2, 0) is 23.4 Å². The molecule has 0 amide bonds. The molecule has 0 saturated heterocycles. The van der Waals surface area contributed by atoms with Gasteiger partial charge in [-0.2, -0.15) is 11.8 Å². The molecule has 5 heteroatoms. The minimum absolute atomic E-state index is 0.259. The molecule has 1 aromatic rings. The Bertz CT molecular complexity index is 501. The van der Waals surface area contributed by atoms with E-state index >= 15 is 0 Å². The van der Waals surface area contributed by atoms with E-state index < -0.39 is 5.97 Å². The first-order chi connectivity index (χ1) is 9.72. The van der Waals surface area contributed by atoms with Crippen LogP contribution in [0.15, 0.2) is 6.20 Å². The highest BCUT2D eigenvalue weighted by molar-refractivity contribution is 7.99. The first-order valence-corrected chi connectivity index (χ1v) is 8.45. The van der Waals surface area contributed by atoms with Crippen LogP contribution in [0.5, 0.6) is 0 Å². The number of fused-ring (bicyclic) bond motifs is 1. The first kappa shape index (κ1) is 13.9. The standard InChI is InChI=1S/C15H20N2O2S/c18-15(19)10-5-6-13-11(7-10)8-16-14(17-13)9-20-12-3-1-2-4-12/h8,10,12H,1-7,9H2,(H,18,19). The lowest BCUT2D eigenvalue weighted by Gasteiger charge is -2.20. The van der Waals surface area contributed by atoms with Gasteiger partial charge in [-0.05, 0) is 37.7 Å². The van der Waals surface area contributed by atoms with E-state index in [4.69, 9.17) is 5.11 Å². The summed E-state index contributed by atoms with van der Waals surface area (Å²) in [5.41, 5.74) is 2.10. The Morgan fingerprint density at radius 2 is 2.15 bits per heavy atom. The van der Waals surface area contributed by atoms with Crippen molar-refractivity contribution in [1.29, 1.82) is 0 Å². The van der Waals surface area contributed by atoms with Gasteiger partial charge in [0.05, 0.1) is 11.7 Å². The Morgan fingerprint density at radius 3 is 2.90 bits per heavy atom. The maximum absolute atomic E-state index is 11.0. The summed E-state index contributed by atoms with van der Waals surface area (Å²) >= 11 is 1.97. The predicted octanol–water partition coefficient (Wildman–Crippen LogP) is 2.84. The third-order valence-electron chi connectivity index (χ3n) is 4.30. The zero-order valence-electron chi connectivity index (χ0n) is 11.5. The molecule has 4 nitrogen and oxygen atoms in total. The van der Waals surface area contributed by atoms with Crippen LogP contribution in [-0.4, -0.2) is 26.3 Å². The molecule has 20 heavy (non-hydrogen) atoms. The lowest BCUT2D eigenvalue weighted by atomic mass is 9.87. The highest BCUT2D eigenvalue weighted by Gasteiger charge is 2.25. The van der Waals surface area contributed by atoms with Gasteiger partial charge in [0.25, 0.3) is 0 Å². The molecule has 1 aromatic heterocycles. The van der Waals surface area contributed by atoms with E-state index in [1.165, 1.54) is 25.7 Å². The Morgan fingerprint density at radius 1 is 1.35 bits per heavy atom. The van der Waals surface area contributed by atoms with Crippen molar-refractivity contribution in [1.82, 2.24) is 9.97 Å². The normalized spacial score (nSPS) is 22.7. The average Bonchev–Trinajstić information content (AvgIpc) is 2.97. The third-order valence-corrected chi connectivity index (χ3v) is 5.67. The Hall–Kier alpha value is -1.10. The number of aliphatic carboxylic acids is 1. The van der Waals surface area contributed by atoms with Crippen LogP contribution in [0.25, 0.3) is 0 Å². The van der Waals surface area contributed by atoms with Crippen molar-refractivity contribution in [3.05, 3.63) is 23.3 Å². The Kier molecular flexibility index (Phi) is 4.24. The van der Waals surface area contributed by atoms with Crippen molar-refractivity contribution in [2.75, 3.05) is 0 Å². The van der Waals surface area contributed by atoms with E-state index in [9.17, 15) is 4.79 Å². The molecule has 1 heterocycles. The highest BCUT2D eigenvalue weighted by atomic mass is 32.2. The number of carboxylic acids is 1. The van der Waals surface area contributed by atoms with E-state index in [1.54, 1.807) is 0 Å². The van der Waals surface area contributed by atoms with Gasteiger partial charge < -0.3 is 5.11 Å². The van der Waals surface area contributed by atoms with Crippen molar-refractivity contribution in [2.45, 2.75) is 55.9 Å². The number of carbonyl (C=O) groups is 1. The molecule has 0 aliphatic heterocycles. The lowest BCUT2D eigenvalue weighted by Crippen LogP contribution is -2.23. The first-order valence-electron chi connectivity index (χ1n) is 7.40. The molecule has 1 fully saturated rings. The number of carboxylic acid groups (broad SMARTS) is 1. The summed E-state index contributed by atoms with van der Waals surface area (Å²) in [6.07, 6.45) is 9.29. The molecule has 1 N–H and O–H groups in total. The van der Waals surface area contributed by atoms with Crippen molar-refractivity contribution in [3.8, 4) is 0 Å². The van der Waals surface area contributed by atoms with Crippen molar-refractivity contribution >= 4 is 17.7 Å². The van der Waals surface area contributed by atoms with Gasteiger partial charge in [0.2, 0.25) is 0 Å². The molecule has 0 radical (unpaired) electrons. The van der Waals surface area contributed by atoms with Gasteiger partial charge in [-0.3, -0.25) is 4.79 Å². The third kappa shape index (κ3) is 3.14. The maximum atomic E-state index is 11.0. The smallest absolute Gasteiger partial charge is 0.306 e. The van der Waals surface area contributed by atoms with Gasteiger partial charge in [-0.15, -0.1) is 0 Å². The molecular formula is C15H20N2O2S. The fraction of sp³-hybridized carbons (Fsp3) is 0.667. The van der Waals surface area contributed by atoms with Gasteiger partial charge in [-0.1, -0.05) is 12.8 Å². The fourth-order valence-corrected chi connectivity index (χ4v) is 4.27. The summed E-state index contributed by atoms with van der Waals surface area (Å²) in [5.74, 6) is 0.844. The summed E-state index contributed by atoms with van der Waals surface area (Å²) in [6, 6.07) is 0. The number of thioether (sulfide) groups is 1. The average molecular weight is 292 g/mol. The minimum Gasteiger partial charge on any atom is -0.481 e. The van der Waals surface area contributed by atoms with Gasteiger partial charge in [0, 0.05) is 17.1 Å². The SMILES string of the molecule is O=C(O)C1CCc2nc(CSC3CCCC3)ncc2C1. The van der Waals surface area contributed by atoms with Crippen LogP contribution in [0.3, 0.4) is 0 Å². The lowest BCUT2D eigenvalue weighted by molar-refractivity contribution is -0.142. The minimum atomic E-state index is -0.698. The molecule has 1 saturated carbocycles. The number of aryl methyl sites for hydroxylation is 1. The van der Waals surface area contributed by atoms with Crippen molar-refractivity contribution < 1.29 is 9.90 Å². The van der Waals surface area contributed by atoms with Crippen LogP contribution >= 0.6 is 11.8 Å². The van der Waals surface area contributed by atoms with Crippen LogP contribution in [0.1, 0.15) is 49.2 Å². The van der Waals surface area contributed by atoms with Gasteiger partial charge in [-0.25, -0.2) is 9.97 Å². The van der Waals surface area contributed by atoms with E-state index in [2.05, 4.69) is 9.97 Å². The molecule has 1 atom stereocenters. The van der Waals surface area contributed by atoms with E-state index in [0.29, 0.717) is 12.8 Å². The molecular weight excluding hydrogens is 272 g/mol. The maximum Gasteiger partial charge on any atom is 0.306 e. The molecule has 3 rings (SSSR count). The summed E-state index contributed by atoms with van der Waals surface area (Å²) in [4.78, 5) is 20.1. The zero-order chi connectivity index (χ0) is 13.9. The van der Waals surface area contributed by atoms with Crippen LogP contribution in [0.4, 0.5) is 0 Å². The molecule has 0 spiro atoms. The fourth-order valence-electron chi connectivity index (χ4n) is 3.08. The molecule has 0 aromatic carbocycles. The number of rotatable bonds is 4. The van der Waals surface area contributed by atoms with E-state index in [1.807, 2.05) is 18.0 Å². The summed E-state index contributed by atoms with van der Waals surface area (Å²) < 4.78 is 0. The number of aromatic nitrogens is 2. The second kappa shape index (κ2) is 6.12. The zero-order valence-corrected chi connectivity index (χ0v) is 12.4. The largest absolute Gasteiger partial charge is 0.481 e. The van der Waals surface area contributed by atoms with Gasteiger partial charge >= 0.3 is 5.97 Å². The highest BCUT2D eigenvalue weighted by Crippen LogP contribution is 2.31. The second-order valence-corrected chi connectivity index (χ2v) is 7.04. The van der Waals surface area contributed by atoms with Gasteiger partial charge in [0.1, 0.15) is 5.82 Å². The van der Waals surface area contributed by atoms with Crippen molar-refractivity contribution in [3.63, 3.8) is 0 Å². The predicted molar refractivity (Wildman–Crippen MR) is 78.7 cm³/mol. The summed E-state index contributed by atoms with van der Waals surface area (Å²) in [5, 5.41) is 9.86. The molecule has 108 valence electrons. The second-order valence-electron chi connectivity index (χ2n) is 5.75. The van der Waals surface area contributed by atoms with Crippen LogP contribution in [0, 0.1) is 5.92 Å². The molecule has 0 bridgehead atoms. The van der Waals surface area contributed by atoms with Crippen molar-refractivity contribution in [2.24, 2.45) is 5.92 Å². The quantitative estimate of drug-likeness (QED) is 0.924. The van der Waals surface area contributed by atoms with Crippen LogP contribution in [0.2, 0.25) is 0 Å². The monoisotopic (exact) mass is 292 g/mol. The Balaban J connectivity index is 1.63. The molecule has 1 unspecified atom stereocenters. The molecule has 2 aliphatic rings. The Labute approximate surface area is 123 Å². The topological polar surface area (TPSA) is 63.1 Å². The number of hydrogen-bond acceptors (Lipinski definition) is 4. The van der Waals surface area contributed by atoms with Gasteiger partial charge in [0.15, 0.2) is 0 Å². The van der Waals surface area contributed by atoms with E-state index in [-0.39, 0.29) is 5.92 Å². The molecule has 2 aliphatic carbocycles. The van der Waals surface area contributed by atoms with Crippen LogP contribution < -0.4 is 0 Å². The summed E-state index contributed by atoms with van der Waals surface area (Å²) in [6.45, 7) is 0. The number of nitrogens with zero attached hydrogens (tertiary/aromatic N) is 2. The number of hydrogen-bond donors (Lipinski definition) is 1. The summed E-state index contributed by atoms with van der Waals surface area (Å²) in [7, 11) is 0.